The standard InChI is InChI=1S/C9H8F3NO3/c1-15-5-3-4(9(14)16-2)8(12)13-6(5)7(10)11/h3,7H,1-2H3. The Morgan fingerprint density at radius 2 is 2.06 bits per heavy atom. The maximum atomic E-state index is 13.2. The summed E-state index contributed by atoms with van der Waals surface area (Å²) in [7, 11) is 2.15. The number of pyridine rings is 1. The molecule has 7 heteroatoms. The molecule has 0 fully saturated rings. The van der Waals surface area contributed by atoms with E-state index >= 15 is 0 Å². The third kappa shape index (κ3) is 2.23. The number of hydrogen-bond acceptors (Lipinski definition) is 4. The Balaban J connectivity index is 3.31. The molecule has 4 nitrogen and oxygen atoms in total. The van der Waals surface area contributed by atoms with Crippen molar-refractivity contribution >= 4 is 5.97 Å². The fraction of sp³-hybridized carbons (Fsp3) is 0.333. The first-order chi connectivity index (χ1) is 7.51. The smallest absolute Gasteiger partial charge is 0.342 e. The molecule has 0 saturated heterocycles. The molecule has 0 aliphatic heterocycles. The van der Waals surface area contributed by atoms with Gasteiger partial charge in [0, 0.05) is 6.07 Å². The minimum Gasteiger partial charge on any atom is -0.495 e. The van der Waals surface area contributed by atoms with Crippen LogP contribution in [0, 0.1) is 5.95 Å². The molecule has 0 atom stereocenters. The predicted octanol–water partition coefficient (Wildman–Crippen LogP) is 1.95. The normalized spacial score (nSPS) is 10.4. The lowest BCUT2D eigenvalue weighted by atomic mass is 10.2. The molecule has 0 N–H and O–H groups in total. The quantitative estimate of drug-likeness (QED) is 0.593. The highest BCUT2D eigenvalue weighted by atomic mass is 19.3. The zero-order valence-electron chi connectivity index (χ0n) is 8.46. The van der Waals surface area contributed by atoms with Gasteiger partial charge < -0.3 is 9.47 Å². The van der Waals surface area contributed by atoms with Crippen molar-refractivity contribution in [2.45, 2.75) is 6.43 Å². The van der Waals surface area contributed by atoms with E-state index in [1.165, 1.54) is 0 Å². The number of rotatable bonds is 3. The topological polar surface area (TPSA) is 48.4 Å². The highest BCUT2D eigenvalue weighted by Gasteiger charge is 2.23. The number of ether oxygens (including phenoxy) is 2. The van der Waals surface area contributed by atoms with Gasteiger partial charge in [0.25, 0.3) is 6.43 Å². The molecule has 1 rings (SSSR count). The van der Waals surface area contributed by atoms with Gasteiger partial charge in [-0.05, 0) is 0 Å². The number of halogens is 3. The van der Waals surface area contributed by atoms with E-state index in [1.807, 2.05) is 0 Å². The molecule has 0 aliphatic carbocycles. The summed E-state index contributed by atoms with van der Waals surface area (Å²) >= 11 is 0. The Kier molecular flexibility index (Phi) is 3.70. The third-order valence-electron chi connectivity index (χ3n) is 1.80. The maximum Gasteiger partial charge on any atom is 0.342 e. The maximum absolute atomic E-state index is 13.2. The summed E-state index contributed by atoms with van der Waals surface area (Å²) in [6, 6.07) is 0.829. The Bertz CT molecular complexity index is 409. The molecule has 0 amide bonds. The van der Waals surface area contributed by atoms with E-state index in [9.17, 15) is 18.0 Å². The lowest BCUT2D eigenvalue weighted by molar-refractivity contribution is 0.0592. The van der Waals surface area contributed by atoms with E-state index in [-0.39, 0.29) is 5.75 Å². The van der Waals surface area contributed by atoms with E-state index in [0.717, 1.165) is 20.3 Å². The minimum absolute atomic E-state index is 0.364. The van der Waals surface area contributed by atoms with Gasteiger partial charge in [-0.3, -0.25) is 0 Å². The number of methoxy groups -OCH3 is 2. The molecule has 0 unspecified atom stereocenters. The first kappa shape index (κ1) is 12.3. The predicted molar refractivity (Wildman–Crippen MR) is 47.0 cm³/mol. The average molecular weight is 235 g/mol. The number of nitrogens with zero attached hydrogens (tertiary/aromatic N) is 1. The molecule has 16 heavy (non-hydrogen) atoms. The van der Waals surface area contributed by atoms with Crippen molar-refractivity contribution in [3.05, 3.63) is 23.3 Å². The monoisotopic (exact) mass is 235 g/mol. The highest BCUT2D eigenvalue weighted by molar-refractivity contribution is 5.89. The van der Waals surface area contributed by atoms with E-state index < -0.39 is 29.6 Å². The number of carbonyl (C=O) groups is 1. The number of esters is 1. The Labute approximate surface area is 89.0 Å². The second-order valence-corrected chi connectivity index (χ2v) is 2.71. The highest BCUT2D eigenvalue weighted by Crippen LogP contribution is 2.28. The van der Waals surface area contributed by atoms with Crippen LogP contribution in [-0.2, 0) is 4.74 Å². The summed E-state index contributed by atoms with van der Waals surface area (Å²) < 4.78 is 46.8. The van der Waals surface area contributed by atoms with Crippen LogP contribution in [0.1, 0.15) is 22.5 Å². The van der Waals surface area contributed by atoms with Gasteiger partial charge in [-0.2, -0.15) is 4.39 Å². The molecule has 1 aromatic rings. The summed E-state index contributed by atoms with van der Waals surface area (Å²) in [6.45, 7) is 0. The van der Waals surface area contributed by atoms with Crippen LogP contribution >= 0.6 is 0 Å². The van der Waals surface area contributed by atoms with E-state index in [2.05, 4.69) is 14.5 Å². The second-order valence-electron chi connectivity index (χ2n) is 2.71. The fourth-order valence-electron chi connectivity index (χ4n) is 1.06. The molecule has 0 bridgehead atoms. The molecule has 0 spiro atoms. The third-order valence-corrected chi connectivity index (χ3v) is 1.80. The molecule has 0 aromatic carbocycles. The van der Waals surface area contributed by atoms with Crippen molar-refractivity contribution in [1.29, 1.82) is 0 Å². The summed E-state index contributed by atoms with van der Waals surface area (Å²) in [5.74, 6) is -2.69. The molecule has 88 valence electrons. The van der Waals surface area contributed by atoms with Gasteiger partial charge in [0.2, 0.25) is 5.95 Å². The van der Waals surface area contributed by atoms with Gasteiger partial charge in [0.15, 0.2) is 5.69 Å². The molecule has 0 saturated carbocycles. The number of alkyl halides is 2. The lowest BCUT2D eigenvalue weighted by Crippen LogP contribution is -2.09. The van der Waals surface area contributed by atoms with Gasteiger partial charge in [0.1, 0.15) is 11.3 Å². The van der Waals surface area contributed by atoms with Crippen LogP contribution in [0.3, 0.4) is 0 Å². The molecular weight excluding hydrogens is 227 g/mol. The van der Waals surface area contributed by atoms with Crippen LogP contribution in [0.25, 0.3) is 0 Å². The Hall–Kier alpha value is -1.79. The second kappa shape index (κ2) is 4.82. The number of carbonyl (C=O) groups excluding carboxylic acids is 1. The van der Waals surface area contributed by atoms with Crippen molar-refractivity contribution < 1.29 is 27.4 Å². The summed E-state index contributed by atoms with van der Waals surface area (Å²) in [4.78, 5) is 14.0. The SMILES string of the molecule is COC(=O)c1cc(OC)c(C(F)F)nc1F. The number of aromatic nitrogens is 1. The minimum atomic E-state index is -2.99. The van der Waals surface area contributed by atoms with Crippen molar-refractivity contribution in [3.63, 3.8) is 0 Å². The van der Waals surface area contributed by atoms with Crippen LogP contribution in [0.5, 0.6) is 5.75 Å². The number of hydrogen-bond donors (Lipinski definition) is 0. The van der Waals surface area contributed by atoms with Crippen molar-refractivity contribution in [2.75, 3.05) is 14.2 Å². The van der Waals surface area contributed by atoms with Crippen molar-refractivity contribution in [3.8, 4) is 5.75 Å². The first-order valence-corrected chi connectivity index (χ1v) is 4.12. The van der Waals surface area contributed by atoms with Gasteiger partial charge in [-0.15, -0.1) is 0 Å². The summed E-state index contributed by atoms with van der Waals surface area (Å²) in [6.07, 6.45) is -2.99. The van der Waals surface area contributed by atoms with Crippen molar-refractivity contribution in [1.82, 2.24) is 4.98 Å². The van der Waals surface area contributed by atoms with Crippen LogP contribution in [0.15, 0.2) is 6.07 Å². The largest absolute Gasteiger partial charge is 0.495 e. The molecular formula is C9H8F3NO3. The summed E-state index contributed by atoms with van der Waals surface area (Å²) in [5, 5.41) is 0. The van der Waals surface area contributed by atoms with Crippen LogP contribution in [0.4, 0.5) is 13.2 Å². The molecule has 0 aliphatic rings. The molecule has 0 radical (unpaired) electrons. The lowest BCUT2D eigenvalue weighted by Gasteiger charge is -2.08. The first-order valence-electron chi connectivity index (χ1n) is 4.12. The van der Waals surface area contributed by atoms with E-state index in [1.54, 1.807) is 0 Å². The molecule has 1 heterocycles. The van der Waals surface area contributed by atoms with E-state index in [4.69, 9.17) is 0 Å². The fourth-order valence-corrected chi connectivity index (χ4v) is 1.06. The Morgan fingerprint density at radius 1 is 1.44 bits per heavy atom. The van der Waals surface area contributed by atoms with Gasteiger partial charge in [0.05, 0.1) is 14.2 Å². The average Bonchev–Trinajstić information content (AvgIpc) is 2.27. The zero-order valence-corrected chi connectivity index (χ0v) is 8.46. The van der Waals surface area contributed by atoms with Gasteiger partial charge in [-0.25, -0.2) is 18.6 Å². The van der Waals surface area contributed by atoms with Crippen molar-refractivity contribution in [2.24, 2.45) is 0 Å². The van der Waals surface area contributed by atoms with Gasteiger partial charge in [-0.1, -0.05) is 0 Å². The zero-order chi connectivity index (χ0) is 12.3. The van der Waals surface area contributed by atoms with Crippen LogP contribution in [-0.4, -0.2) is 25.2 Å². The molecule has 1 aromatic heterocycles. The summed E-state index contributed by atoms with van der Waals surface area (Å²) in [5.41, 5.74) is -1.41. The van der Waals surface area contributed by atoms with E-state index in [0.29, 0.717) is 0 Å². The van der Waals surface area contributed by atoms with Crippen LogP contribution < -0.4 is 4.74 Å². The Morgan fingerprint density at radius 3 is 2.50 bits per heavy atom. The van der Waals surface area contributed by atoms with Gasteiger partial charge >= 0.3 is 5.97 Å². The van der Waals surface area contributed by atoms with Crippen LogP contribution in [0.2, 0.25) is 0 Å².